The van der Waals surface area contributed by atoms with Crippen LogP contribution in [-0.4, -0.2) is 57.4 Å². The molecule has 6 nitrogen and oxygen atoms in total. The van der Waals surface area contributed by atoms with Gasteiger partial charge in [0.05, 0.1) is 11.7 Å². The second-order valence-electron chi connectivity index (χ2n) is 7.82. The van der Waals surface area contributed by atoms with Crippen LogP contribution >= 0.6 is 35.7 Å². The predicted octanol–water partition coefficient (Wildman–Crippen LogP) is 4.18. The molecule has 0 radical (unpaired) electrons. The minimum Gasteiger partial charge on any atom is -0.376 e. The van der Waals surface area contributed by atoms with Crippen molar-refractivity contribution in [1.29, 1.82) is 0 Å². The highest BCUT2D eigenvalue weighted by atomic mass is 35.5. The van der Waals surface area contributed by atoms with Gasteiger partial charge in [0.25, 0.3) is 0 Å². The lowest BCUT2D eigenvalue weighted by Gasteiger charge is -2.38. The Hall–Kier alpha value is -1.65. The van der Waals surface area contributed by atoms with E-state index in [-0.39, 0.29) is 46.9 Å². The first-order valence-electron chi connectivity index (χ1n) is 10.2. The Morgan fingerprint density at radius 3 is 2.78 bits per heavy atom. The Balaban J connectivity index is 0.00000289. The van der Waals surface area contributed by atoms with Crippen molar-refractivity contribution < 1.29 is 18.7 Å². The molecular formula is C22H25ClFN3O3S2. The van der Waals surface area contributed by atoms with Crippen molar-refractivity contribution in [2.24, 2.45) is 5.92 Å². The van der Waals surface area contributed by atoms with Gasteiger partial charge < -0.3 is 4.74 Å². The van der Waals surface area contributed by atoms with E-state index in [0.29, 0.717) is 25.1 Å². The molecule has 0 spiro atoms. The van der Waals surface area contributed by atoms with Gasteiger partial charge in [-0.05, 0) is 48.5 Å². The molecule has 2 unspecified atom stereocenters. The molecule has 2 aliphatic rings. The molecule has 1 aliphatic heterocycles. The number of methoxy groups -OCH3 is 1. The van der Waals surface area contributed by atoms with Crippen molar-refractivity contribution in [2.75, 3.05) is 26.8 Å². The summed E-state index contributed by atoms with van der Waals surface area (Å²) < 4.78 is 23.6. The topological polar surface area (TPSA) is 72.4 Å². The van der Waals surface area contributed by atoms with Gasteiger partial charge in [0.15, 0.2) is 5.78 Å². The first-order chi connectivity index (χ1) is 15.1. The van der Waals surface area contributed by atoms with Gasteiger partial charge in [-0.25, -0.2) is 4.39 Å². The molecular weight excluding hydrogens is 473 g/mol. The summed E-state index contributed by atoms with van der Waals surface area (Å²) in [6.07, 6.45) is 4.35. The monoisotopic (exact) mass is 497 g/mol. The minimum atomic E-state index is -0.619. The van der Waals surface area contributed by atoms with Gasteiger partial charge in [-0.1, -0.05) is 34.4 Å². The molecule has 0 amide bonds. The van der Waals surface area contributed by atoms with Gasteiger partial charge in [-0.3, -0.25) is 14.5 Å². The highest BCUT2D eigenvalue weighted by molar-refractivity contribution is 8.14. The fourth-order valence-corrected chi connectivity index (χ4v) is 5.36. The van der Waals surface area contributed by atoms with Gasteiger partial charge in [-0.15, -0.1) is 17.5 Å². The molecule has 1 saturated heterocycles. The number of hydrogen-bond donors (Lipinski definition) is 0. The minimum absolute atomic E-state index is 0. The fraction of sp³-hybridized carbons (Fsp3) is 0.455. The Labute approximate surface area is 201 Å². The second-order valence-corrected chi connectivity index (χ2v) is 9.69. The number of ether oxygens (including phenoxy) is 1. The SMILES string of the molecule is COCC(=O)SC1CCN(C(C(=O)C2CC2)c2ccccc2F)C/C1=C\c1csnn1.Cl. The van der Waals surface area contributed by atoms with Gasteiger partial charge >= 0.3 is 0 Å². The Morgan fingerprint density at radius 1 is 1.34 bits per heavy atom. The number of hydrogen-bond acceptors (Lipinski definition) is 8. The molecule has 4 rings (SSSR count). The Kier molecular flexibility index (Phi) is 8.95. The second kappa shape index (κ2) is 11.5. The van der Waals surface area contributed by atoms with Crippen LogP contribution in [0.3, 0.4) is 0 Å². The number of ketones is 1. The molecule has 0 N–H and O–H groups in total. The molecule has 172 valence electrons. The van der Waals surface area contributed by atoms with Crippen molar-refractivity contribution in [3.8, 4) is 0 Å². The van der Waals surface area contributed by atoms with E-state index in [9.17, 15) is 14.0 Å². The van der Waals surface area contributed by atoms with Crippen molar-refractivity contribution in [2.45, 2.75) is 30.6 Å². The number of halogens is 2. The van der Waals surface area contributed by atoms with Crippen LogP contribution in [0.1, 0.15) is 36.6 Å². The standard InChI is InChI=1S/C22H24FN3O3S2.ClH/c1-29-12-20(27)31-19-8-9-26(11-15(19)10-16-13-30-25-24-16)21(22(28)14-6-7-14)17-4-2-3-5-18(17)23;/h2-5,10,13-14,19,21H,6-9,11-12H2,1H3;1H/b15-10+;. The maximum absolute atomic E-state index is 14.7. The predicted molar refractivity (Wildman–Crippen MR) is 126 cm³/mol. The third kappa shape index (κ3) is 6.02. The van der Waals surface area contributed by atoms with Crippen LogP contribution in [0, 0.1) is 11.7 Å². The van der Waals surface area contributed by atoms with Gasteiger partial charge in [0.1, 0.15) is 12.4 Å². The van der Waals surface area contributed by atoms with Gasteiger partial charge in [0.2, 0.25) is 5.12 Å². The Morgan fingerprint density at radius 2 is 2.12 bits per heavy atom. The zero-order valence-electron chi connectivity index (χ0n) is 17.6. The third-order valence-corrected chi connectivity index (χ3v) is 7.26. The summed E-state index contributed by atoms with van der Waals surface area (Å²) in [5.74, 6) is -0.265. The van der Waals surface area contributed by atoms with Crippen LogP contribution < -0.4 is 0 Å². The molecule has 10 heteroatoms. The molecule has 2 heterocycles. The summed E-state index contributed by atoms with van der Waals surface area (Å²) >= 11 is 2.51. The number of Topliss-reactive ketones (excluding diaryl/α,β-unsaturated/α-hetero) is 1. The van der Waals surface area contributed by atoms with E-state index in [1.165, 1.54) is 36.5 Å². The third-order valence-electron chi connectivity index (χ3n) is 5.54. The van der Waals surface area contributed by atoms with Crippen LogP contribution in [-0.2, 0) is 14.3 Å². The number of piperidine rings is 1. The summed E-state index contributed by atoms with van der Waals surface area (Å²) in [5, 5.41) is 5.86. The highest BCUT2D eigenvalue weighted by Crippen LogP contribution is 2.40. The van der Waals surface area contributed by atoms with Gasteiger partial charge in [-0.2, -0.15) is 0 Å². The van der Waals surface area contributed by atoms with Crippen LogP contribution in [0.2, 0.25) is 0 Å². The largest absolute Gasteiger partial charge is 0.376 e. The lowest BCUT2D eigenvalue weighted by Crippen LogP contribution is -2.43. The van der Waals surface area contributed by atoms with E-state index in [4.69, 9.17) is 4.74 Å². The van der Waals surface area contributed by atoms with E-state index >= 15 is 0 Å². The number of thioether (sulfide) groups is 1. The smallest absolute Gasteiger partial charge is 0.215 e. The maximum Gasteiger partial charge on any atom is 0.215 e. The van der Waals surface area contributed by atoms with Crippen LogP contribution in [0.4, 0.5) is 4.39 Å². The van der Waals surface area contributed by atoms with E-state index in [2.05, 4.69) is 9.59 Å². The van der Waals surface area contributed by atoms with E-state index in [0.717, 1.165) is 24.1 Å². The normalized spacial score (nSPS) is 21.2. The fourth-order valence-electron chi connectivity index (χ4n) is 3.93. The maximum atomic E-state index is 14.7. The number of rotatable bonds is 8. The molecule has 2 atom stereocenters. The summed E-state index contributed by atoms with van der Waals surface area (Å²) in [6, 6.07) is 5.91. The summed E-state index contributed by atoms with van der Waals surface area (Å²) in [4.78, 5) is 27.5. The average Bonchev–Trinajstić information content (AvgIpc) is 3.48. The molecule has 2 aromatic rings. The number of carbonyl (C=O) groups excluding carboxylic acids is 2. The number of benzene rings is 1. The molecule has 2 fully saturated rings. The molecule has 32 heavy (non-hydrogen) atoms. The first kappa shape index (κ1) is 25.0. The average molecular weight is 498 g/mol. The number of carbonyl (C=O) groups is 2. The summed E-state index contributed by atoms with van der Waals surface area (Å²) in [7, 11) is 1.50. The van der Waals surface area contributed by atoms with Crippen molar-refractivity contribution in [3.05, 3.63) is 52.3 Å². The number of likely N-dealkylation sites (tertiary alicyclic amines) is 1. The number of aromatic nitrogens is 2. The molecule has 1 aromatic carbocycles. The van der Waals surface area contributed by atoms with E-state index in [1.807, 2.05) is 16.4 Å². The zero-order valence-corrected chi connectivity index (χ0v) is 20.1. The van der Waals surface area contributed by atoms with E-state index < -0.39 is 6.04 Å². The molecule has 1 aromatic heterocycles. The lowest BCUT2D eigenvalue weighted by molar-refractivity contribution is -0.126. The summed E-state index contributed by atoms with van der Waals surface area (Å²) in [5.41, 5.74) is 2.14. The quantitative estimate of drug-likeness (QED) is 0.541. The molecule has 1 aliphatic carbocycles. The van der Waals surface area contributed by atoms with Crippen LogP contribution in [0.25, 0.3) is 6.08 Å². The Bertz CT molecular complexity index is 969. The van der Waals surface area contributed by atoms with Crippen LogP contribution in [0.5, 0.6) is 0 Å². The highest BCUT2D eigenvalue weighted by Gasteiger charge is 2.41. The van der Waals surface area contributed by atoms with Gasteiger partial charge in [0, 0.05) is 42.3 Å². The van der Waals surface area contributed by atoms with Crippen LogP contribution in [0.15, 0.2) is 35.2 Å². The van der Waals surface area contributed by atoms with Crippen molar-refractivity contribution in [3.63, 3.8) is 0 Å². The van der Waals surface area contributed by atoms with E-state index in [1.54, 1.807) is 18.2 Å². The lowest BCUT2D eigenvalue weighted by atomic mass is 9.93. The first-order valence-corrected chi connectivity index (χ1v) is 12.0. The number of nitrogens with zero attached hydrogens (tertiary/aromatic N) is 3. The van der Waals surface area contributed by atoms with Crippen molar-refractivity contribution in [1.82, 2.24) is 14.5 Å². The molecule has 1 saturated carbocycles. The molecule has 0 bridgehead atoms. The zero-order chi connectivity index (χ0) is 21.8. The van der Waals surface area contributed by atoms with Crippen molar-refractivity contribution >= 4 is 52.7 Å². The summed E-state index contributed by atoms with van der Waals surface area (Å²) in [6.45, 7) is 1.11.